The van der Waals surface area contributed by atoms with Crippen LogP contribution in [0, 0.1) is 11.3 Å². The average Bonchev–Trinajstić information content (AvgIpc) is 3.44. The number of halogens is 1. The number of carbonyl (C=O) groups excluding carboxylic acids is 2. The fraction of sp³-hybridized carbons (Fsp3) is 0.448. The largest absolute Gasteiger partial charge is 0.392 e. The molecule has 4 aliphatic carbocycles. The molecule has 6 nitrogen and oxygen atoms in total. The third-order valence-corrected chi connectivity index (χ3v) is 9.09. The maximum absolute atomic E-state index is 13.8. The molecule has 1 heterocycles. The molecular weight excluding hydrogens is 478 g/mol. The van der Waals surface area contributed by atoms with Crippen molar-refractivity contribution in [2.75, 3.05) is 6.61 Å². The van der Waals surface area contributed by atoms with E-state index in [4.69, 9.17) is 16.4 Å². The molecule has 0 saturated carbocycles. The second kappa shape index (κ2) is 8.25. The number of hydrogen-bond acceptors (Lipinski definition) is 6. The Bertz CT molecular complexity index is 1310. The lowest BCUT2D eigenvalue weighted by atomic mass is 9.52. The SMILES string of the molecule is C[C@H]1C=C2C(=O)C=C3C4=C(C5=C(CCC5)C4)N(Cc4ccc(Cl)cc4)O[C@]3(C(=O)CO)[C@@]2(C)C[C@@H]1O. The Morgan fingerprint density at radius 2 is 1.94 bits per heavy atom. The zero-order valence-electron chi connectivity index (χ0n) is 20.5. The summed E-state index contributed by atoms with van der Waals surface area (Å²) >= 11 is 6.12. The molecule has 0 aromatic heterocycles. The van der Waals surface area contributed by atoms with E-state index >= 15 is 0 Å². The highest BCUT2D eigenvalue weighted by atomic mass is 35.5. The van der Waals surface area contributed by atoms with Crippen LogP contribution in [0.5, 0.6) is 0 Å². The van der Waals surface area contributed by atoms with E-state index in [0.717, 1.165) is 36.1 Å². The standard InChI is InChI=1S/C29H30ClNO5/c1-16-10-23-24(33)12-22-21-11-18-4-3-5-20(18)27(21)31(14-17-6-8-19(30)9-7-17)36-29(22,26(35)15-32)28(23,2)13-25(16)34/h6-10,12,16,25,32,34H,3-5,11,13-15H2,1-2H3/t16-,25-,28-,29+/m0/s1. The number of benzene rings is 1. The second-order valence-corrected chi connectivity index (χ2v) is 11.4. The molecule has 188 valence electrons. The first-order chi connectivity index (χ1) is 17.2. The maximum Gasteiger partial charge on any atom is 0.198 e. The van der Waals surface area contributed by atoms with E-state index in [1.165, 1.54) is 11.1 Å². The van der Waals surface area contributed by atoms with Crippen LogP contribution in [0.3, 0.4) is 0 Å². The molecule has 1 aliphatic heterocycles. The first-order valence-electron chi connectivity index (χ1n) is 12.7. The molecule has 0 spiro atoms. The van der Waals surface area contributed by atoms with Crippen molar-refractivity contribution in [2.24, 2.45) is 11.3 Å². The summed E-state index contributed by atoms with van der Waals surface area (Å²) in [6, 6.07) is 7.51. The van der Waals surface area contributed by atoms with E-state index in [9.17, 15) is 19.8 Å². The molecule has 0 radical (unpaired) electrons. The lowest BCUT2D eigenvalue weighted by Gasteiger charge is -2.57. The fourth-order valence-corrected chi connectivity index (χ4v) is 7.13. The Morgan fingerprint density at radius 1 is 1.19 bits per heavy atom. The number of Topliss-reactive ketones (excluding diaryl/α,β-unsaturated/α-hetero) is 1. The zero-order valence-corrected chi connectivity index (χ0v) is 21.3. The van der Waals surface area contributed by atoms with Gasteiger partial charge in [-0.2, -0.15) is 0 Å². The molecule has 0 amide bonds. The number of nitrogens with zero attached hydrogens (tertiary/aromatic N) is 1. The number of carbonyl (C=O) groups is 2. The third kappa shape index (κ3) is 3.14. The van der Waals surface area contributed by atoms with Crippen LogP contribution in [0.25, 0.3) is 0 Å². The Hall–Kier alpha value is -2.51. The van der Waals surface area contributed by atoms with Gasteiger partial charge >= 0.3 is 0 Å². The number of rotatable bonds is 4. The van der Waals surface area contributed by atoms with Crippen LogP contribution in [0.4, 0.5) is 0 Å². The number of aliphatic hydroxyl groups is 2. The van der Waals surface area contributed by atoms with E-state index in [1.807, 2.05) is 38.1 Å². The summed E-state index contributed by atoms with van der Waals surface area (Å²) in [5, 5.41) is 23.6. The summed E-state index contributed by atoms with van der Waals surface area (Å²) in [6.07, 6.45) is 6.42. The first kappa shape index (κ1) is 23.9. The summed E-state index contributed by atoms with van der Waals surface area (Å²) in [5.41, 5.74) is 3.67. The molecule has 0 bridgehead atoms. The minimum Gasteiger partial charge on any atom is -0.392 e. The van der Waals surface area contributed by atoms with Gasteiger partial charge in [-0.05, 0) is 67.0 Å². The Morgan fingerprint density at radius 3 is 2.67 bits per heavy atom. The molecule has 0 fully saturated rings. The topological polar surface area (TPSA) is 87.1 Å². The molecule has 4 atom stereocenters. The molecule has 0 unspecified atom stereocenters. The average molecular weight is 508 g/mol. The van der Waals surface area contributed by atoms with E-state index < -0.39 is 29.5 Å². The van der Waals surface area contributed by atoms with Crippen molar-refractivity contribution >= 4 is 23.2 Å². The number of fused-ring (bicyclic) bond motifs is 5. The molecular formula is C29H30ClNO5. The Balaban J connectivity index is 1.58. The smallest absolute Gasteiger partial charge is 0.198 e. The van der Waals surface area contributed by atoms with Gasteiger partial charge in [0.25, 0.3) is 0 Å². The lowest BCUT2D eigenvalue weighted by molar-refractivity contribution is -0.254. The summed E-state index contributed by atoms with van der Waals surface area (Å²) in [4.78, 5) is 34.2. The maximum atomic E-state index is 13.8. The minimum absolute atomic E-state index is 0.152. The van der Waals surface area contributed by atoms with Crippen LogP contribution in [-0.2, 0) is 21.0 Å². The predicted molar refractivity (Wildman–Crippen MR) is 134 cm³/mol. The molecule has 6 rings (SSSR count). The summed E-state index contributed by atoms with van der Waals surface area (Å²) < 4.78 is 0. The molecule has 1 aromatic carbocycles. The van der Waals surface area contributed by atoms with Gasteiger partial charge in [0, 0.05) is 27.5 Å². The van der Waals surface area contributed by atoms with Gasteiger partial charge in [-0.15, -0.1) is 0 Å². The zero-order chi connectivity index (χ0) is 25.4. The van der Waals surface area contributed by atoms with Crippen LogP contribution in [-0.4, -0.2) is 45.2 Å². The third-order valence-electron chi connectivity index (χ3n) is 8.84. The molecule has 7 heteroatoms. The van der Waals surface area contributed by atoms with Gasteiger partial charge in [-0.1, -0.05) is 49.2 Å². The normalized spacial score (nSPS) is 33.1. The number of ketones is 2. The minimum atomic E-state index is -1.62. The second-order valence-electron chi connectivity index (χ2n) is 10.9. The van der Waals surface area contributed by atoms with Crippen molar-refractivity contribution in [1.82, 2.24) is 5.06 Å². The summed E-state index contributed by atoms with van der Waals surface area (Å²) in [7, 11) is 0. The monoisotopic (exact) mass is 507 g/mol. The number of aliphatic hydroxyl groups excluding tert-OH is 2. The quantitative estimate of drug-likeness (QED) is 0.629. The van der Waals surface area contributed by atoms with Gasteiger partial charge in [0.1, 0.15) is 6.61 Å². The van der Waals surface area contributed by atoms with E-state index in [-0.39, 0.29) is 18.1 Å². The van der Waals surface area contributed by atoms with Crippen molar-refractivity contribution in [1.29, 1.82) is 0 Å². The van der Waals surface area contributed by atoms with Crippen LogP contribution < -0.4 is 0 Å². The molecule has 1 aromatic rings. The highest BCUT2D eigenvalue weighted by Crippen LogP contribution is 2.62. The number of hydroxylamine groups is 2. The van der Waals surface area contributed by atoms with Crippen molar-refractivity contribution in [3.63, 3.8) is 0 Å². The highest BCUT2D eigenvalue weighted by Gasteiger charge is 2.67. The van der Waals surface area contributed by atoms with Gasteiger partial charge in [-0.3, -0.25) is 14.4 Å². The fourth-order valence-electron chi connectivity index (χ4n) is 7.00. The molecule has 36 heavy (non-hydrogen) atoms. The lowest BCUT2D eigenvalue weighted by Crippen LogP contribution is -2.66. The Labute approximate surface area is 215 Å². The van der Waals surface area contributed by atoms with Crippen molar-refractivity contribution in [3.05, 3.63) is 80.6 Å². The van der Waals surface area contributed by atoms with Gasteiger partial charge in [-0.25, -0.2) is 5.06 Å². The molecule has 2 N–H and O–H groups in total. The van der Waals surface area contributed by atoms with Gasteiger partial charge < -0.3 is 10.2 Å². The van der Waals surface area contributed by atoms with Crippen LogP contribution in [0.15, 0.2) is 70.0 Å². The van der Waals surface area contributed by atoms with Gasteiger partial charge in [0.2, 0.25) is 0 Å². The van der Waals surface area contributed by atoms with E-state index in [0.29, 0.717) is 29.1 Å². The van der Waals surface area contributed by atoms with Gasteiger partial charge in [0.15, 0.2) is 17.2 Å². The van der Waals surface area contributed by atoms with E-state index in [1.54, 1.807) is 17.2 Å². The number of allylic oxidation sites excluding steroid dienone is 3. The van der Waals surface area contributed by atoms with Crippen LogP contribution in [0.2, 0.25) is 5.02 Å². The predicted octanol–water partition coefficient (Wildman–Crippen LogP) is 4.37. The Kier molecular flexibility index (Phi) is 5.47. The first-order valence-corrected chi connectivity index (χ1v) is 13.0. The van der Waals surface area contributed by atoms with Crippen LogP contribution in [0.1, 0.15) is 51.5 Å². The summed E-state index contributed by atoms with van der Waals surface area (Å²) in [6.45, 7) is 3.34. The van der Waals surface area contributed by atoms with Crippen molar-refractivity contribution < 1.29 is 24.6 Å². The van der Waals surface area contributed by atoms with Gasteiger partial charge in [0.05, 0.1) is 18.3 Å². The van der Waals surface area contributed by atoms with Crippen molar-refractivity contribution in [3.8, 4) is 0 Å². The highest BCUT2D eigenvalue weighted by molar-refractivity contribution is 6.30. The molecule has 0 saturated heterocycles. The summed E-state index contributed by atoms with van der Waals surface area (Å²) in [5.74, 6) is -0.883. The van der Waals surface area contributed by atoms with Crippen molar-refractivity contribution in [2.45, 2.75) is 64.2 Å². The number of hydrogen-bond donors (Lipinski definition) is 2. The molecule has 5 aliphatic rings. The van der Waals surface area contributed by atoms with Crippen LogP contribution >= 0.6 is 11.6 Å². The van der Waals surface area contributed by atoms with E-state index in [2.05, 4.69) is 0 Å².